The van der Waals surface area contributed by atoms with Crippen LogP contribution in [0.15, 0.2) is 47.4 Å². The van der Waals surface area contributed by atoms with Crippen molar-refractivity contribution in [1.82, 2.24) is 4.98 Å². The maximum Gasteiger partial charge on any atom is 0.416 e. The molecule has 31 heavy (non-hydrogen) atoms. The molecule has 0 spiro atoms. The van der Waals surface area contributed by atoms with Crippen LogP contribution in [0.5, 0.6) is 5.75 Å². The maximum atomic E-state index is 12.8. The minimum absolute atomic E-state index is 0.229. The molecule has 1 atom stereocenters. The Morgan fingerprint density at radius 3 is 2.71 bits per heavy atom. The van der Waals surface area contributed by atoms with Crippen molar-refractivity contribution in [3.63, 3.8) is 0 Å². The summed E-state index contributed by atoms with van der Waals surface area (Å²) in [6.07, 6.45) is -3.01. The number of halogens is 3. The fraction of sp³-hybridized carbons (Fsp3) is 0.304. The summed E-state index contributed by atoms with van der Waals surface area (Å²) >= 11 is 3.20. The molecule has 1 aliphatic heterocycles. The number of benzene rings is 2. The minimum atomic E-state index is -4.34. The van der Waals surface area contributed by atoms with E-state index in [1.165, 1.54) is 23.5 Å². The second kappa shape index (κ2) is 8.93. The van der Waals surface area contributed by atoms with Gasteiger partial charge in [0.15, 0.2) is 0 Å². The second-order valence-corrected chi connectivity index (χ2v) is 9.54. The Morgan fingerprint density at radius 1 is 1.23 bits per heavy atom. The zero-order valence-electron chi connectivity index (χ0n) is 16.7. The van der Waals surface area contributed by atoms with Gasteiger partial charge < -0.3 is 4.74 Å². The third kappa shape index (κ3) is 5.05. The Bertz CT molecular complexity index is 1120. The first-order valence-electron chi connectivity index (χ1n) is 9.73. The molecule has 1 aromatic heterocycles. The Morgan fingerprint density at radius 2 is 2.00 bits per heavy atom. The Kier molecular flexibility index (Phi) is 6.26. The number of aryl methyl sites for hydroxylation is 1. The third-order valence-electron chi connectivity index (χ3n) is 5.12. The summed E-state index contributed by atoms with van der Waals surface area (Å²) in [4.78, 5) is 6.77. The molecular weight excluding hydrogens is 441 g/mol. The molecule has 1 unspecified atom stereocenters. The number of rotatable bonds is 5. The Balaban J connectivity index is 1.45. The molecule has 0 fully saturated rings. The van der Waals surface area contributed by atoms with Gasteiger partial charge in [-0.1, -0.05) is 12.1 Å². The van der Waals surface area contributed by atoms with Crippen LogP contribution in [0, 0.1) is 24.2 Å². The van der Waals surface area contributed by atoms with E-state index in [1.807, 2.05) is 19.1 Å². The fourth-order valence-corrected chi connectivity index (χ4v) is 5.59. The normalized spacial score (nSPS) is 15.8. The Labute approximate surface area is 186 Å². The first kappa shape index (κ1) is 21.7. The smallest absolute Gasteiger partial charge is 0.416 e. The zero-order valence-corrected chi connectivity index (χ0v) is 18.3. The van der Waals surface area contributed by atoms with Crippen LogP contribution >= 0.6 is 23.1 Å². The highest BCUT2D eigenvalue weighted by Crippen LogP contribution is 2.37. The van der Waals surface area contributed by atoms with Crippen molar-refractivity contribution < 1.29 is 17.9 Å². The highest BCUT2D eigenvalue weighted by Gasteiger charge is 2.30. The van der Waals surface area contributed by atoms with Gasteiger partial charge in [0.1, 0.15) is 10.8 Å². The van der Waals surface area contributed by atoms with Crippen LogP contribution in [0.2, 0.25) is 0 Å². The number of hydrogen-bond donors (Lipinski definition) is 0. The largest absolute Gasteiger partial charge is 0.493 e. The molecule has 0 N–H and O–H groups in total. The topological polar surface area (TPSA) is 45.9 Å². The SMILES string of the molecule is Cc1nc(-c2ccc(C(F)(F)F)cc2)sc1CSc1ccc2c(c1)CC(CC#N)CO2. The van der Waals surface area contributed by atoms with E-state index >= 15 is 0 Å². The molecule has 160 valence electrons. The number of thiazole rings is 1. The molecule has 2 aromatic carbocycles. The molecule has 0 aliphatic carbocycles. The van der Waals surface area contributed by atoms with Crippen molar-refractivity contribution in [2.75, 3.05) is 6.61 Å². The van der Waals surface area contributed by atoms with Gasteiger partial charge in [0.2, 0.25) is 0 Å². The Hall–Kier alpha value is -2.50. The summed E-state index contributed by atoms with van der Waals surface area (Å²) in [5.41, 5.74) is 2.05. The molecule has 1 aliphatic rings. The van der Waals surface area contributed by atoms with Crippen LogP contribution in [-0.2, 0) is 18.3 Å². The average Bonchev–Trinajstić information content (AvgIpc) is 3.12. The van der Waals surface area contributed by atoms with Crippen LogP contribution in [0.4, 0.5) is 13.2 Å². The van der Waals surface area contributed by atoms with Crippen LogP contribution in [0.1, 0.15) is 28.1 Å². The van der Waals surface area contributed by atoms with Gasteiger partial charge >= 0.3 is 6.18 Å². The predicted molar refractivity (Wildman–Crippen MR) is 116 cm³/mol. The van der Waals surface area contributed by atoms with Gasteiger partial charge in [0.25, 0.3) is 0 Å². The molecule has 0 radical (unpaired) electrons. The molecule has 4 rings (SSSR count). The molecule has 0 bridgehead atoms. The highest BCUT2D eigenvalue weighted by atomic mass is 32.2. The van der Waals surface area contributed by atoms with Crippen molar-refractivity contribution in [3.8, 4) is 22.4 Å². The third-order valence-corrected chi connectivity index (χ3v) is 7.53. The summed E-state index contributed by atoms with van der Waals surface area (Å²) in [5.74, 6) is 1.84. The summed E-state index contributed by atoms with van der Waals surface area (Å²) in [5, 5.41) is 9.65. The van der Waals surface area contributed by atoms with Gasteiger partial charge in [-0.2, -0.15) is 18.4 Å². The predicted octanol–water partition coefficient (Wildman–Crippen LogP) is 6.89. The molecule has 3 aromatic rings. The van der Waals surface area contributed by atoms with E-state index in [4.69, 9.17) is 10.00 Å². The van der Waals surface area contributed by atoms with E-state index in [2.05, 4.69) is 17.1 Å². The number of alkyl halides is 3. The van der Waals surface area contributed by atoms with Gasteiger partial charge in [0, 0.05) is 33.4 Å². The molecule has 3 nitrogen and oxygen atoms in total. The summed E-state index contributed by atoms with van der Waals surface area (Å²) < 4.78 is 44.1. The maximum absolute atomic E-state index is 12.8. The van der Waals surface area contributed by atoms with Gasteiger partial charge in [0.05, 0.1) is 23.9 Å². The van der Waals surface area contributed by atoms with Crippen LogP contribution < -0.4 is 4.74 Å². The molecule has 0 saturated heterocycles. The van der Waals surface area contributed by atoms with Crippen LogP contribution in [-0.4, -0.2) is 11.6 Å². The van der Waals surface area contributed by atoms with Crippen LogP contribution in [0.3, 0.4) is 0 Å². The lowest BCUT2D eigenvalue weighted by Crippen LogP contribution is -2.20. The lowest BCUT2D eigenvalue weighted by Gasteiger charge is -2.24. The van der Waals surface area contributed by atoms with Crippen LogP contribution in [0.25, 0.3) is 10.6 Å². The summed E-state index contributed by atoms with van der Waals surface area (Å²) in [6.45, 7) is 2.51. The first-order chi connectivity index (χ1) is 14.8. The molecule has 0 amide bonds. The van der Waals surface area contributed by atoms with Crippen molar-refractivity contribution in [2.24, 2.45) is 5.92 Å². The first-order valence-corrected chi connectivity index (χ1v) is 11.5. The lowest BCUT2D eigenvalue weighted by molar-refractivity contribution is -0.137. The lowest BCUT2D eigenvalue weighted by atomic mass is 9.95. The van der Waals surface area contributed by atoms with Gasteiger partial charge in [-0.25, -0.2) is 4.98 Å². The van der Waals surface area contributed by atoms with Crippen molar-refractivity contribution in [1.29, 1.82) is 5.26 Å². The van der Waals surface area contributed by atoms with Gasteiger partial charge in [-0.15, -0.1) is 23.1 Å². The summed E-state index contributed by atoms with van der Waals surface area (Å²) in [6, 6.07) is 13.5. The van der Waals surface area contributed by atoms with E-state index in [0.717, 1.165) is 56.1 Å². The number of ether oxygens (including phenoxy) is 1. The van der Waals surface area contributed by atoms with Gasteiger partial charge in [-0.05, 0) is 49.2 Å². The number of nitriles is 1. The van der Waals surface area contributed by atoms with E-state index in [1.54, 1.807) is 11.8 Å². The van der Waals surface area contributed by atoms with Crippen molar-refractivity contribution in [3.05, 3.63) is 64.2 Å². The fourth-order valence-electron chi connectivity index (χ4n) is 3.42. The van der Waals surface area contributed by atoms with Crippen molar-refractivity contribution in [2.45, 2.75) is 36.6 Å². The average molecular weight is 461 g/mol. The van der Waals surface area contributed by atoms with Crippen molar-refractivity contribution >= 4 is 23.1 Å². The van der Waals surface area contributed by atoms with E-state index in [-0.39, 0.29) is 5.92 Å². The molecule has 0 saturated carbocycles. The number of thioether (sulfide) groups is 1. The molecule has 8 heteroatoms. The quantitative estimate of drug-likeness (QED) is 0.389. The summed E-state index contributed by atoms with van der Waals surface area (Å²) in [7, 11) is 0. The standard InChI is InChI=1S/C23H19F3N2OS2/c1-14-21(31-22(28-14)16-2-4-18(5-3-16)23(24,25)26)13-30-19-6-7-20-17(11-19)10-15(8-9-27)12-29-20/h2-7,11,15H,8,10,12-13H2,1H3. The molecule has 2 heterocycles. The number of fused-ring (bicyclic) bond motifs is 1. The second-order valence-electron chi connectivity index (χ2n) is 7.40. The monoisotopic (exact) mass is 460 g/mol. The minimum Gasteiger partial charge on any atom is -0.493 e. The number of aromatic nitrogens is 1. The van der Waals surface area contributed by atoms with E-state index < -0.39 is 11.7 Å². The number of nitrogens with zero attached hydrogens (tertiary/aromatic N) is 2. The number of hydrogen-bond acceptors (Lipinski definition) is 5. The van der Waals surface area contributed by atoms with Gasteiger partial charge in [-0.3, -0.25) is 0 Å². The zero-order chi connectivity index (χ0) is 22.0. The van der Waals surface area contributed by atoms with E-state index in [0.29, 0.717) is 18.6 Å². The highest BCUT2D eigenvalue weighted by molar-refractivity contribution is 7.98. The molecular formula is C23H19F3N2OS2. The van der Waals surface area contributed by atoms with E-state index in [9.17, 15) is 13.2 Å².